The molecule has 0 unspecified atom stereocenters. The first-order valence-corrected chi connectivity index (χ1v) is 6.69. The van der Waals surface area contributed by atoms with Crippen molar-refractivity contribution in [2.24, 2.45) is 0 Å². The van der Waals surface area contributed by atoms with E-state index in [0.29, 0.717) is 18.8 Å². The summed E-state index contributed by atoms with van der Waals surface area (Å²) in [5.41, 5.74) is 1.29. The van der Waals surface area contributed by atoms with E-state index in [0.717, 1.165) is 16.7 Å². The molecule has 0 aliphatic heterocycles. The lowest BCUT2D eigenvalue weighted by atomic mass is 10.3. The van der Waals surface area contributed by atoms with Crippen LogP contribution in [0.4, 0.5) is 4.39 Å². The van der Waals surface area contributed by atoms with E-state index in [-0.39, 0.29) is 5.82 Å². The lowest BCUT2D eigenvalue weighted by molar-refractivity contribution is 0.199. The second kappa shape index (κ2) is 6.79. The second-order valence-electron chi connectivity index (χ2n) is 4.02. The summed E-state index contributed by atoms with van der Waals surface area (Å²) in [5.74, 6) is -0.301. The van der Waals surface area contributed by atoms with Gasteiger partial charge in [0.25, 0.3) is 0 Å². The van der Waals surface area contributed by atoms with Crippen molar-refractivity contribution in [3.05, 3.63) is 46.4 Å². The van der Waals surface area contributed by atoms with Crippen LogP contribution in [-0.4, -0.2) is 30.0 Å². The van der Waals surface area contributed by atoms with Gasteiger partial charge in [-0.3, -0.25) is 0 Å². The molecule has 0 saturated heterocycles. The Bertz CT molecular complexity index is 544. The van der Waals surface area contributed by atoms with Gasteiger partial charge < -0.3 is 10.1 Å². The Balaban J connectivity index is 2.06. The van der Waals surface area contributed by atoms with Gasteiger partial charge in [-0.05, 0) is 24.3 Å². The molecule has 2 rings (SSSR count). The number of ether oxygens (including phenoxy) is 1. The summed E-state index contributed by atoms with van der Waals surface area (Å²) in [5, 5.41) is 7.52. The Morgan fingerprint density at radius 3 is 3.05 bits per heavy atom. The molecule has 1 N–H and O–H groups in total. The topological polar surface area (TPSA) is 39.1 Å². The van der Waals surface area contributed by atoms with Gasteiger partial charge in [0.15, 0.2) is 0 Å². The average molecular weight is 328 g/mol. The second-order valence-corrected chi connectivity index (χ2v) is 4.93. The smallest absolute Gasteiger partial charge is 0.148 e. The summed E-state index contributed by atoms with van der Waals surface area (Å²) in [4.78, 5) is 0. The zero-order valence-corrected chi connectivity index (χ0v) is 12.2. The van der Waals surface area contributed by atoms with Crippen LogP contribution < -0.4 is 5.32 Å². The fourth-order valence-electron chi connectivity index (χ4n) is 1.64. The van der Waals surface area contributed by atoms with Crippen molar-refractivity contribution < 1.29 is 9.13 Å². The fourth-order valence-corrected chi connectivity index (χ4v) is 1.99. The number of methoxy groups -OCH3 is 1. The summed E-state index contributed by atoms with van der Waals surface area (Å²) in [7, 11) is 1.66. The number of aromatic nitrogens is 2. The Morgan fingerprint density at radius 1 is 1.42 bits per heavy atom. The van der Waals surface area contributed by atoms with E-state index < -0.39 is 0 Å². The molecule has 6 heteroatoms. The van der Waals surface area contributed by atoms with Crippen molar-refractivity contribution in [1.82, 2.24) is 15.1 Å². The van der Waals surface area contributed by atoms with E-state index >= 15 is 0 Å². The highest BCUT2D eigenvalue weighted by Gasteiger charge is 2.07. The summed E-state index contributed by atoms with van der Waals surface area (Å²) in [6.07, 6.45) is 1.75. The Kier molecular flexibility index (Phi) is 5.07. The van der Waals surface area contributed by atoms with E-state index in [9.17, 15) is 4.39 Å². The average Bonchev–Trinajstić information content (AvgIpc) is 2.86. The zero-order chi connectivity index (χ0) is 13.7. The summed E-state index contributed by atoms with van der Waals surface area (Å²) < 4.78 is 21.0. The van der Waals surface area contributed by atoms with Gasteiger partial charge in [-0.25, -0.2) is 9.07 Å². The van der Waals surface area contributed by atoms with Crippen LogP contribution in [0.1, 0.15) is 5.69 Å². The maximum absolute atomic E-state index is 13.7. The predicted molar refractivity (Wildman–Crippen MR) is 74.8 cm³/mol. The van der Waals surface area contributed by atoms with Crippen LogP contribution in [0.2, 0.25) is 0 Å². The molecule has 0 amide bonds. The number of hydrogen-bond acceptors (Lipinski definition) is 3. The van der Waals surface area contributed by atoms with Gasteiger partial charge in [-0.2, -0.15) is 5.10 Å². The number of nitrogens with zero attached hydrogens (tertiary/aromatic N) is 2. The molecular formula is C13H15BrFN3O. The highest BCUT2D eigenvalue weighted by atomic mass is 79.9. The maximum atomic E-state index is 13.7. The molecule has 0 spiro atoms. The zero-order valence-electron chi connectivity index (χ0n) is 10.6. The number of benzene rings is 1. The number of rotatable bonds is 6. The van der Waals surface area contributed by atoms with Crippen LogP contribution in [0, 0.1) is 5.82 Å². The van der Waals surface area contributed by atoms with Crippen LogP contribution in [0.5, 0.6) is 0 Å². The summed E-state index contributed by atoms with van der Waals surface area (Å²) in [6, 6.07) is 6.64. The molecular weight excluding hydrogens is 313 g/mol. The van der Waals surface area contributed by atoms with E-state index in [1.807, 2.05) is 6.07 Å². The van der Waals surface area contributed by atoms with Gasteiger partial charge in [-0.15, -0.1) is 0 Å². The monoisotopic (exact) mass is 327 g/mol. The SMILES string of the molecule is COCCNCc1ccn(-c2cc(Br)ccc2F)n1. The Morgan fingerprint density at radius 2 is 2.26 bits per heavy atom. The van der Waals surface area contributed by atoms with Crippen molar-refractivity contribution in [3.8, 4) is 5.69 Å². The van der Waals surface area contributed by atoms with Crippen molar-refractivity contribution in [2.45, 2.75) is 6.54 Å². The lowest BCUT2D eigenvalue weighted by Gasteiger charge is -2.04. The maximum Gasteiger partial charge on any atom is 0.148 e. The molecule has 0 aliphatic carbocycles. The molecule has 0 radical (unpaired) electrons. The van der Waals surface area contributed by atoms with E-state index in [4.69, 9.17) is 4.74 Å². The number of nitrogens with one attached hydrogen (secondary N) is 1. The summed E-state index contributed by atoms with van der Waals surface area (Å²) >= 11 is 3.33. The Hall–Kier alpha value is -1.24. The molecule has 19 heavy (non-hydrogen) atoms. The van der Waals surface area contributed by atoms with Gasteiger partial charge in [0.05, 0.1) is 12.3 Å². The number of hydrogen-bond donors (Lipinski definition) is 1. The number of halogens is 2. The first kappa shape index (κ1) is 14.2. The van der Waals surface area contributed by atoms with E-state index in [2.05, 4.69) is 26.3 Å². The minimum absolute atomic E-state index is 0.301. The third kappa shape index (κ3) is 3.86. The largest absolute Gasteiger partial charge is 0.383 e. The Labute approximate surface area is 119 Å². The van der Waals surface area contributed by atoms with E-state index in [1.165, 1.54) is 10.7 Å². The molecule has 0 fully saturated rings. The molecule has 1 heterocycles. The van der Waals surface area contributed by atoms with Crippen molar-refractivity contribution >= 4 is 15.9 Å². The van der Waals surface area contributed by atoms with Crippen LogP contribution in [0.3, 0.4) is 0 Å². The van der Waals surface area contributed by atoms with Crippen molar-refractivity contribution in [1.29, 1.82) is 0 Å². The molecule has 0 atom stereocenters. The van der Waals surface area contributed by atoms with Crippen LogP contribution in [0.25, 0.3) is 5.69 Å². The molecule has 1 aromatic heterocycles. The normalized spacial score (nSPS) is 10.9. The quantitative estimate of drug-likeness (QED) is 0.828. The highest BCUT2D eigenvalue weighted by Crippen LogP contribution is 2.18. The molecule has 2 aromatic rings. The minimum atomic E-state index is -0.301. The van der Waals surface area contributed by atoms with Crippen LogP contribution in [-0.2, 0) is 11.3 Å². The molecule has 102 valence electrons. The van der Waals surface area contributed by atoms with Gasteiger partial charge in [-0.1, -0.05) is 15.9 Å². The molecule has 0 saturated carbocycles. The minimum Gasteiger partial charge on any atom is -0.383 e. The first-order chi connectivity index (χ1) is 9.20. The van der Waals surface area contributed by atoms with Gasteiger partial charge in [0, 0.05) is 30.9 Å². The van der Waals surface area contributed by atoms with Crippen molar-refractivity contribution in [3.63, 3.8) is 0 Å². The third-order valence-electron chi connectivity index (χ3n) is 2.59. The molecule has 0 aliphatic rings. The van der Waals surface area contributed by atoms with Gasteiger partial charge in [0.1, 0.15) is 11.5 Å². The molecule has 1 aromatic carbocycles. The van der Waals surface area contributed by atoms with E-state index in [1.54, 1.807) is 25.4 Å². The lowest BCUT2D eigenvalue weighted by Crippen LogP contribution is -2.18. The standard InChI is InChI=1S/C13H15BrFN3O/c1-19-7-5-16-9-11-4-6-18(17-11)13-8-10(14)2-3-12(13)15/h2-4,6,8,16H,5,7,9H2,1H3. The molecule has 0 bridgehead atoms. The summed E-state index contributed by atoms with van der Waals surface area (Å²) in [6.45, 7) is 2.04. The van der Waals surface area contributed by atoms with Gasteiger partial charge >= 0.3 is 0 Å². The predicted octanol–water partition coefficient (Wildman–Crippen LogP) is 2.51. The first-order valence-electron chi connectivity index (χ1n) is 5.90. The van der Waals surface area contributed by atoms with Gasteiger partial charge in [0.2, 0.25) is 0 Å². The van der Waals surface area contributed by atoms with Crippen LogP contribution >= 0.6 is 15.9 Å². The molecule has 4 nitrogen and oxygen atoms in total. The third-order valence-corrected chi connectivity index (χ3v) is 3.08. The van der Waals surface area contributed by atoms with Crippen LogP contribution in [0.15, 0.2) is 34.9 Å². The van der Waals surface area contributed by atoms with Crippen molar-refractivity contribution in [2.75, 3.05) is 20.3 Å². The fraction of sp³-hybridized carbons (Fsp3) is 0.308. The highest BCUT2D eigenvalue weighted by molar-refractivity contribution is 9.10.